The summed E-state index contributed by atoms with van der Waals surface area (Å²) < 4.78 is 34.8. The standard InChI is InChI=1S/C49H89O16P/c1-3-5-7-8-9-10-11-12-13-14-15-16-17-18-19-20-26-30-43(54)64-37-34-62-42(53)29-25-22-21-24-28-38-40(51)33-41(52)39(32-31-36(50)27-23-6-4-2)45(56)47(58)49(48(59)46(57)44(38)55)65-66(60,61)63-35-37/h31-32,36-40,44-51,55-59H,3-30,33-35H2,1-2H3,(H,60,61)/b32-31+/t36-,37+,38-,39-,40-,44+,45+,46-,47+,48+,49+/m0/s1. The first-order chi connectivity index (χ1) is 31.6. The number of ketones is 1. The number of Topliss-reactive ketones (excluding diaryl/α,β-unsaturated/α-hetero) is 1. The molecule has 2 bridgehead atoms. The van der Waals surface area contributed by atoms with Gasteiger partial charge in [0.1, 0.15) is 36.8 Å². The Hall–Kier alpha value is -1.82. The van der Waals surface area contributed by atoms with Gasteiger partial charge in [-0.15, -0.1) is 0 Å². The van der Waals surface area contributed by atoms with E-state index in [9.17, 15) is 59.6 Å². The van der Waals surface area contributed by atoms with Crippen molar-refractivity contribution in [2.75, 3.05) is 13.2 Å². The van der Waals surface area contributed by atoms with Crippen LogP contribution in [0.2, 0.25) is 0 Å². The van der Waals surface area contributed by atoms with Crippen molar-refractivity contribution >= 4 is 25.5 Å². The molecule has 386 valence electrons. The van der Waals surface area contributed by atoms with Gasteiger partial charge in [-0.05, 0) is 25.7 Å². The third-order valence-electron chi connectivity index (χ3n) is 13.0. The summed E-state index contributed by atoms with van der Waals surface area (Å²) >= 11 is 0. The van der Waals surface area contributed by atoms with E-state index < -0.39 is 112 Å². The number of cyclic esters (lactones) is 1. The molecule has 1 saturated carbocycles. The van der Waals surface area contributed by atoms with Gasteiger partial charge < -0.3 is 50.1 Å². The topological polar surface area (TPSA) is 267 Å². The van der Waals surface area contributed by atoms with Gasteiger partial charge in [0.25, 0.3) is 0 Å². The normalized spacial score (nSPS) is 30.9. The van der Waals surface area contributed by atoms with E-state index in [1.165, 1.54) is 83.1 Å². The number of carbonyl (C=O) groups is 3. The van der Waals surface area contributed by atoms with Crippen molar-refractivity contribution < 1.29 is 78.1 Å². The monoisotopic (exact) mass is 965 g/mol. The highest BCUT2D eigenvalue weighted by molar-refractivity contribution is 7.47. The molecule has 2 rings (SSSR count). The number of hydrogen-bond donors (Lipinski definition) is 8. The third kappa shape index (κ3) is 25.2. The van der Waals surface area contributed by atoms with Crippen LogP contribution >= 0.6 is 7.82 Å². The zero-order valence-corrected chi connectivity index (χ0v) is 41.1. The van der Waals surface area contributed by atoms with Crippen LogP contribution in [0.4, 0.5) is 0 Å². The van der Waals surface area contributed by atoms with E-state index in [1.54, 1.807) is 0 Å². The number of hydrogen-bond acceptors (Lipinski definition) is 15. The molecule has 0 amide bonds. The summed E-state index contributed by atoms with van der Waals surface area (Å²) in [6.07, 6.45) is 8.81. The lowest BCUT2D eigenvalue weighted by Gasteiger charge is -2.37. The molecule has 1 heterocycles. The first-order valence-electron chi connectivity index (χ1n) is 25.6. The zero-order chi connectivity index (χ0) is 48.7. The minimum absolute atomic E-state index is 0.000567. The van der Waals surface area contributed by atoms with Crippen LogP contribution in [0.3, 0.4) is 0 Å². The average Bonchev–Trinajstić information content (AvgIpc) is 3.28. The van der Waals surface area contributed by atoms with E-state index >= 15 is 0 Å². The maximum Gasteiger partial charge on any atom is 0.472 e. The average molecular weight is 965 g/mol. The summed E-state index contributed by atoms with van der Waals surface area (Å²) in [5, 5.41) is 78.7. The Morgan fingerprint density at radius 2 is 1.23 bits per heavy atom. The van der Waals surface area contributed by atoms with E-state index in [0.29, 0.717) is 44.9 Å². The molecule has 0 radical (unpaired) electrons. The molecule has 2 aliphatic rings. The smallest absolute Gasteiger partial charge is 0.462 e. The second-order valence-corrected chi connectivity index (χ2v) is 20.2. The highest BCUT2D eigenvalue weighted by Gasteiger charge is 2.49. The molecule has 0 aromatic heterocycles. The van der Waals surface area contributed by atoms with Gasteiger partial charge in [-0.1, -0.05) is 167 Å². The molecule has 1 aliphatic heterocycles. The first kappa shape index (κ1) is 60.3. The first-order valence-corrected chi connectivity index (χ1v) is 27.1. The summed E-state index contributed by atoms with van der Waals surface area (Å²) in [4.78, 5) is 50.3. The Labute approximate surface area is 394 Å². The second-order valence-electron chi connectivity index (χ2n) is 18.8. The lowest BCUT2D eigenvalue weighted by molar-refractivity contribution is -0.167. The number of ether oxygens (including phenoxy) is 2. The highest BCUT2D eigenvalue weighted by atomic mass is 31.2. The largest absolute Gasteiger partial charge is 0.472 e. The third-order valence-corrected chi connectivity index (χ3v) is 14.0. The van der Waals surface area contributed by atoms with Crippen LogP contribution in [0.15, 0.2) is 12.2 Å². The maximum absolute atomic E-state index is 13.7. The Balaban J connectivity index is 2.11. The van der Waals surface area contributed by atoms with Crippen LogP contribution in [0.1, 0.15) is 200 Å². The van der Waals surface area contributed by atoms with Gasteiger partial charge in [0.15, 0.2) is 6.10 Å². The van der Waals surface area contributed by atoms with E-state index in [4.69, 9.17) is 18.5 Å². The van der Waals surface area contributed by atoms with Crippen molar-refractivity contribution in [2.24, 2.45) is 11.8 Å². The molecule has 17 heteroatoms. The van der Waals surface area contributed by atoms with Crippen LogP contribution in [-0.4, -0.2) is 127 Å². The fourth-order valence-corrected chi connectivity index (χ4v) is 9.78. The molecular weight excluding hydrogens is 875 g/mol. The van der Waals surface area contributed by atoms with Gasteiger partial charge in [-0.25, -0.2) is 4.57 Å². The summed E-state index contributed by atoms with van der Waals surface area (Å²) in [5.41, 5.74) is 0. The number of unbranched alkanes of at least 4 members (excludes halogenated alkanes) is 18. The van der Waals surface area contributed by atoms with Gasteiger partial charge in [-0.3, -0.25) is 23.4 Å². The summed E-state index contributed by atoms with van der Waals surface area (Å²) in [5.74, 6) is -4.97. The number of phosphoric ester groups is 1. The van der Waals surface area contributed by atoms with Crippen molar-refractivity contribution in [3.63, 3.8) is 0 Å². The summed E-state index contributed by atoms with van der Waals surface area (Å²) in [7, 11) is -5.45. The van der Waals surface area contributed by atoms with Gasteiger partial charge in [0, 0.05) is 25.2 Å². The molecule has 1 unspecified atom stereocenters. The highest BCUT2D eigenvalue weighted by Crippen LogP contribution is 2.47. The van der Waals surface area contributed by atoms with Gasteiger partial charge in [0.05, 0.1) is 36.9 Å². The Bertz CT molecular complexity index is 1380. The predicted molar refractivity (Wildman–Crippen MR) is 250 cm³/mol. The van der Waals surface area contributed by atoms with Crippen molar-refractivity contribution in [3.8, 4) is 0 Å². The van der Waals surface area contributed by atoms with Gasteiger partial charge in [-0.2, -0.15) is 0 Å². The molecular formula is C49H89O16P. The van der Waals surface area contributed by atoms with Crippen LogP contribution in [0, 0.1) is 11.8 Å². The molecule has 2 fully saturated rings. The van der Waals surface area contributed by atoms with E-state index in [0.717, 1.165) is 44.6 Å². The van der Waals surface area contributed by atoms with E-state index in [1.807, 2.05) is 6.92 Å². The Morgan fingerprint density at radius 1 is 0.697 bits per heavy atom. The van der Waals surface area contributed by atoms with Crippen LogP contribution in [0.25, 0.3) is 0 Å². The number of phosphoric acid groups is 1. The van der Waals surface area contributed by atoms with Crippen LogP contribution in [0.5, 0.6) is 0 Å². The van der Waals surface area contributed by atoms with Crippen LogP contribution in [-0.2, 0) is 37.5 Å². The Kier molecular flexibility index (Phi) is 32.3. The Morgan fingerprint density at radius 3 is 1.82 bits per heavy atom. The summed E-state index contributed by atoms with van der Waals surface area (Å²) in [6, 6.07) is 0. The lowest BCUT2D eigenvalue weighted by atomic mass is 9.82. The number of carbonyl (C=O) groups excluding carboxylic acids is 3. The molecule has 1 saturated heterocycles. The molecule has 0 aromatic carbocycles. The van der Waals surface area contributed by atoms with Crippen molar-refractivity contribution in [1.29, 1.82) is 0 Å². The molecule has 0 spiro atoms. The van der Waals surface area contributed by atoms with Crippen molar-refractivity contribution in [1.82, 2.24) is 0 Å². The fraction of sp³-hybridized carbons (Fsp3) is 0.898. The molecule has 12 atom stereocenters. The van der Waals surface area contributed by atoms with Crippen LogP contribution < -0.4 is 0 Å². The second kappa shape index (κ2) is 35.3. The maximum atomic E-state index is 13.7. The molecule has 66 heavy (non-hydrogen) atoms. The minimum Gasteiger partial charge on any atom is -0.462 e. The molecule has 8 N–H and O–H groups in total. The molecule has 1 aliphatic carbocycles. The molecule has 16 nitrogen and oxygen atoms in total. The quantitative estimate of drug-likeness (QED) is 0.0194. The van der Waals surface area contributed by atoms with E-state index in [2.05, 4.69) is 6.92 Å². The molecule has 0 aromatic rings. The number of fused-ring (bicyclic) bond motifs is 4. The lowest BCUT2D eigenvalue weighted by Crippen LogP contribution is -2.55. The van der Waals surface area contributed by atoms with Crippen molar-refractivity contribution in [3.05, 3.63) is 12.2 Å². The van der Waals surface area contributed by atoms with Crippen molar-refractivity contribution in [2.45, 2.75) is 255 Å². The number of aliphatic hydroxyl groups excluding tert-OH is 7. The number of aliphatic hydroxyl groups is 7. The van der Waals surface area contributed by atoms with E-state index in [-0.39, 0.29) is 19.3 Å². The van der Waals surface area contributed by atoms with Gasteiger partial charge in [0.2, 0.25) is 0 Å². The summed E-state index contributed by atoms with van der Waals surface area (Å²) in [6.45, 7) is 2.85. The zero-order valence-electron chi connectivity index (χ0n) is 40.2. The number of esters is 2. The minimum atomic E-state index is -5.45. The number of rotatable bonds is 25. The van der Waals surface area contributed by atoms with Gasteiger partial charge >= 0.3 is 19.8 Å². The SMILES string of the molecule is CCCCCCCCCCCCCCCCCCCC(=O)O[C@@H]1COC(=O)CCCCCC[C@@H]2[C@@H](O)[C@H](O)[C@@H](O)[C@H](OP(=O)(O)OC1)[C@H](O)[C@H](O)[C@@H](/C=C/[C@@H](O)CCCCC)C(=O)C[C@@H]2O. The predicted octanol–water partition coefficient (Wildman–Crippen LogP) is 7.21. The fourth-order valence-electron chi connectivity index (χ4n) is 8.80.